The SMILES string of the molecule is Cc1nc(CC2(CNC(C)C)CCC2)cs1. The van der Waals surface area contributed by atoms with Crippen LogP contribution < -0.4 is 5.32 Å². The molecule has 0 unspecified atom stereocenters. The Hall–Kier alpha value is -0.410. The van der Waals surface area contributed by atoms with Gasteiger partial charge in [0.25, 0.3) is 0 Å². The highest BCUT2D eigenvalue weighted by molar-refractivity contribution is 7.09. The highest BCUT2D eigenvalue weighted by Crippen LogP contribution is 2.43. The van der Waals surface area contributed by atoms with Crippen LogP contribution in [0, 0.1) is 12.3 Å². The van der Waals surface area contributed by atoms with Gasteiger partial charge in [-0.05, 0) is 31.6 Å². The Bertz CT molecular complexity index is 339. The number of aryl methyl sites for hydroxylation is 1. The molecule has 1 aliphatic rings. The molecule has 2 nitrogen and oxygen atoms in total. The van der Waals surface area contributed by atoms with Gasteiger partial charge in [0.15, 0.2) is 0 Å². The first kappa shape index (κ1) is 12.1. The van der Waals surface area contributed by atoms with E-state index in [1.54, 1.807) is 11.3 Å². The van der Waals surface area contributed by atoms with E-state index in [0.717, 1.165) is 13.0 Å². The molecule has 0 bridgehead atoms. The number of rotatable bonds is 5. The van der Waals surface area contributed by atoms with Crippen molar-refractivity contribution >= 4 is 11.3 Å². The van der Waals surface area contributed by atoms with Crippen LogP contribution in [0.15, 0.2) is 5.38 Å². The van der Waals surface area contributed by atoms with Crippen molar-refractivity contribution in [2.45, 2.75) is 52.5 Å². The van der Waals surface area contributed by atoms with Gasteiger partial charge in [-0.15, -0.1) is 11.3 Å². The Morgan fingerprint density at radius 3 is 2.69 bits per heavy atom. The van der Waals surface area contributed by atoms with Crippen molar-refractivity contribution < 1.29 is 0 Å². The average Bonchev–Trinajstić information content (AvgIpc) is 2.55. The third kappa shape index (κ3) is 2.83. The van der Waals surface area contributed by atoms with Crippen LogP contribution in [0.1, 0.15) is 43.8 Å². The molecule has 1 aliphatic carbocycles. The third-order valence-corrected chi connectivity index (χ3v) is 4.34. The van der Waals surface area contributed by atoms with Gasteiger partial charge in [0.05, 0.1) is 10.7 Å². The molecule has 0 spiro atoms. The van der Waals surface area contributed by atoms with E-state index in [0.29, 0.717) is 11.5 Å². The largest absolute Gasteiger partial charge is 0.314 e. The van der Waals surface area contributed by atoms with Gasteiger partial charge in [-0.25, -0.2) is 4.98 Å². The van der Waals surface area contributed by atoms with E-state index in [4.69, 9.17) is 0 Å². The predicted octanol–water partition coefficient (Wildman–Crippen LogP) is 3.16. The number of thiazole rings is 1. The van der Waals surface area contributed by atoms with Gasteiger partial charge in [-0.2, -0.15) is 0 Å². The van der Waals surface area contributed by atoms with E-state index in [2.05, 4.69) is 36.5 Å². The lowest BCUT2D eigenvalue weighted by Crippen LogP contribution is -2.43. The number of aromatic nitrogens is 1. The van der Waals surface area contributed by atoms with Crippen LogP contribution in [0.25, 0.3) is 0 Å². The van der Waals surface area contributed by atoms with Crippen LogP contribution in [-0.2, 0) is 6.42 Å². The molecule has 0 atom stereocenters. The van der Waals surface area contributed by atoms with Crippen molar-refractivity contribution in [1.82, 2.24) is 10.3 Å². The molecule has 1 saturated carbocycles. The van der Waals surface area contributed by atoms with Crippen LogP contribution in [0.3, 0.4) is 0 Å². The summed E-state index contributed by atoms with van der Waals surface area (Å²) >= 11 is 1.77. The van der Waals surface area contributed by atoms with Crippen molar-refractivity contribution in [2.24, 2.45) is 5.41 Å². The zero-order valence-corrected chi connectivity index (χ0v) is 11.4. The third-order valence-electron chi connectivity index (χ3n) is 3.52. The lowest BCUT2D eigenvalue weighted by Gasteiger charge is -2.42. The highest BCUT2D eigenvalue weighted by atomic mass is 32.1. The van der Waals surface area contributed by atoms with E-state index in [9.17, 15) is 0 Å². The number of hydrogen-bond acceptors (Lipinski definition) is 3. The second kappa shape index (κ2) is 4.84. The summed E-state index contributed by atoms with van der Waals surface area (Å²) in [4.78, 5) is 4.60. The molecule has 0 radical (unpaired) electrons. The minimum atomic E-state index is 0.505. The molecular formula is C13H22N2S. The van der Waals surface area contributed by atoms with Crippen LogP contribution in [0.5, 0.6) is 0 Å². The normalized spacial score (nSPS) is 18.8. The van der Waals surface area contributed by atoms with Gasteiger partial charge in [-0.1, -0.05) is 20.3 Å². The minimum absolute atomic E-state index is 0.505. The standard InChI is InChI=1S/C13H22N2S/c1-10(2)14-9-13(5-4-6-13)7-12-8-16-11(3)15-12/h8,10,14H,4-7,9H2,1-3H3. The Labute approximate surface area is 102 Å². The quantitative estimate of drug-likeness (QED) is 0.852. The van der Waals surface area contributed by atoms with Crippen molar-refractivity contribution in [3.05, 3.63) is 16.1 Å². The monoisotopic (exact) mass is 238 g/mol. The maximum atomic E-state index is 4.60. The van der Waals surface area contributed by atoms with Crippen LogP contribution in [-0.4, -0.2) is 17.6 Å². The van der Waals surface area contributed by atoms with E-state index in [1.165, 1.54) is 30.0 Å². The number of nitrogens with zero attached hydrogens (tertiary/aromatic N) is 1. The lowest BCUT2D eigenvalue weighted by atomic mass is 9.66. The first-order valence-corrected chi connectivity index (χ1v) is 7.12. The van der Waals surface area contributed by atoms with Gasteiger partial charge in [-0.3, -0.25) is 0 Å². The Balaban J connectivity index is 1.94. The van der Waals surface area contributed by atoms with E-state index in [1.807, 2.05) is 0 Å². The summed E-state index contributed by atoms with van der Waals surface area (Å²) in [6, 6.07) is 0.592. The smallest absolute Gasteiger partial charge is 0.0897 e. The first-order valence-electron chi connectivity index (χ1n) is 6.24. The fourth-order valence-electron chi connectivity index (χ4n) is 2.39. The molecule has 90 valence electrons. The molecule has 1 aromatic heterocycles. The molecule has 2 rings (SSSR count). The Kier molecular flexibility index (Phi) is 3.65. The predicted molar refractivity (Wildman–Crippen MR) is 70.0 cm³/mol. The zero-order valence-electron chi connectivity index (χ0n) is 10.5. The minimum Gasteiger partial charge on any atom is -0.314 e. The first-order chi connectivity index (χ1) is 7.60. The average molecular weight is 238 g/mol. The van der Waals surface area contributed by atoms with Crippen LogP contribution in [0.2, 0.25) is 0 Å². The topological polar surface area (TPSA) is 24.9 Å². The molecule has 1 heterocycles. The summed E-state index contributed by atoms with van der Waals surface area (Å²) in [6.07, 6.45) is 5.28. The van der Waals surface area contributed by atoms with E-state index < -0.39 is 0 Å². The van der Waals surface area contributed by atoms with Crippen molar-refractivity contribution in [2.75, 3.05) is 6.54 Å². The molecule has 0 aliphatic heterocycles. The summed E-state index contributed by atoms with van der Waals surface area (Å²) in [7, 11) is 0. The van der Waals surface area contributed by atoms with Crippen molar-refractivity contribution in [1.29, 1.82) is 0 Å². The van der Waals surface area contributed by atoms with Gasteiger partial charge in [0.1, 0.15) is 0 Å². The van der Waals surface area contributed by atoms with Gasteiger partial charge in [0.2, 0.25) is 0 Å². The Morgan fingerprint density at radius 2 is 2.25 bits per heavy atom. The molecular weight excluding hydrogens is 216 g/mol. The summed E-state index contributed by atoms with van der Waals surface area (Å²) in [5.41, 5.74) is 1.80. The maximum absolute atomic E-state index is 4.60. The van der Waals surface area contributed by atoms with Crippen LogP contribution in [0.4, 0.5) is 0 Å². The van der Waals surface area contributed by atoms with E-state index >= 15 is 0 Å². The van der Waals surface area contributed by atoms with E-state index in [-0.39, 0.29) is 0 Å². The molecule has 1 fully saturated rings. The second-order valence-electron chi connectivity index (χ2n) is 5.42. The fraction of sp³-hybridized carbons (Fsp3) is 0.769. The molecule has 0 amide bonds. The highest BCUT2D eigenvalue weighted by Gasteiger charge is 2.37. The summed E-state index contributed by atoms with van der Waals surface area (Å²) < 4.78 is 0. The van der Waals surface area contributed by atoms with Gasteiger partial charge >= 0.3 is 0 Å². The number of nitrogens with one attached hydrogen (secondary N) is 1. The number of hydrogen-bond donors (Lipinski definition) is 1. The van der Waals surface area contributed by atoms with Gasteiger partial charge in [0, 0.05) is 18.0 Å². The van der Waals surface area contributed by atoms with Gasteiger partial charge < -0.3 is 5.32 Å². The Morgan fingerprint density at radius 1 is 1.50 bits per heavy atom. The van der Waals surface area contributed by atoms with Crippen molar-refractivity contribution in [3.8, 4) is 0 Å². The van der Waals surface area contributed by atoms with Crippen molar-refractivity contribution in [3.63, 3.8) is 0 Å². The molecule has 0 saturated heterocycles. The lowest BCUT2D eigenvalue weighted by molar-refractivity contribution is 0.125. The zero-order chi connectivity index (χ0) is 11.6. The molecule has 16 heavy (non-hydrogen) atoms. The molecule has 1 aromatic rings. The molecule has 3 heteroatoms. The summed E-state index contributed by atoms with van der Waals surface area (Å²) in [6.45, 7) is 7.69. The molecule has 0 aromatic carbocycles. The molecule has 1 N–H and O–H groups in total. The summed E-state index contributed by atoms with van der Waals surface area (Å²) in [5.74, 6) is 0. The fourth-order valence-corrected chi connectivity index (χ4v) is 3.00. The van der Waals surface area contributed by atoms with Crippen LogP contribution >= 0.6 is 11.3 Å². The maximum Gasteiger partial charge on any atom is 0.0897 e. The second-order valence-corrected chi connectivity index (χ2v) is 6.49. The summed E-state index contributed by atoms with van der Waals surface area (Å²) in [5, 5.41) is 7.01.